The number of likely N-dealkylation sites (tertiary alicyclic amines) is 1. The predicted octanol–water partition coefficient (Wildman–Crippen LogP) is 4.73. The number of ether oxygens (including phenoxy) is 2. The fourth-order valence-electron chi connectivity index (χ4n) is 3.76. The minimum atomic E-state index is 0.670. The summed E-state index contributed by atoms with van der Waals surface area (Å²) in [6.07, 6.45) is 5.46. The molecule has 1 saturated heterocycles. The summed E-state index contributed by atoms with van der Waals surface area (Å²) in [7, 11) is 0. The molecule has 2 heterocycles. The summed E-state index contributed by atoms with van der Waals surface area (Å²) in [6.45, 7) is 5.03. The molecule has 4 heteroatoms. The smallest absolute Gasteiger partial charge is 0.128 e. The topological polar surface area (TPSA) is 37.5 Å². The molecule has 4 nitrogen and oxygen atoms in total. The SMILES string of the molecule is c1ccc(OCC2CCN(CCCOc3cccc4[nH]ccc34)CC2)cc1. The van der Waals surface area contributed by atoms with Crippen LogP contribution < -0.4 is 9.47 Å². The van der Waals surface area contributed by atoms with E-state index in [9.17, 15) is 0 Å². The van der Waals surface area contributed by atoms with Crippen molar-refractivity contribution in [3.05, 3.63) is 60.8 Å². The Morgan fingerprint density at radius 3 is 2.63 bits per heavy atom. The fraction of sp³-hybridized carbons (Fsp3) is 0.391. The van der Waals surface area contributed by atoms with E-state index in [0.29, 0.717) is 5.92 Å². The van der Waals surface area contributed by atoms with Gasteiger partial charge in [-0.05, 0) is 68.6 Å². The van der Waals surface area contributed by atoms with Crippen LogP contribution in [0.2, 0.25) is 0 Å². The number of aromatic nitrogens is 1. The van der Waals surface area contributed by atoms with Gasteiger partial charge in [-0.3, -0.25) is 0 Å². The third-order valence-electron chi connectivity index (χ3n) is 5.37. The van der Waals surface area contributed by atoms with Gasteiger partial charge in [0.2, 0.25) is 0 Å². The maximum Gasteiger partial charge on any atom is 0.128 e. The molecule has 0 spiro atoms. The van der Waals surface area contributed by atoms with Crippen LogP contribution in [0.4, 0.5) is 0 Å². The van der Waals surface area contributed by atoms with Gasteiger partial charge in [0.1, 0.15) is 11.5 Å². The van der Waals surface area contributed by atoms with Gasteiger partial charge in [-0.2, -0.15) is 0 Å². The summed E-state index contributed by atoms with van der Waals surface area (Å²) < 4.78 is 11.9. The van der Waals surface area contributed by atoms with Crippen LogP contribution in [0.15, 0.2) is 60.8 Å². The van der Waals surface area contributed by atoms with Gasteiger partial charge in [-0.1, -0.05) is 24.3 Å². The molecule has 1 aromatic heterocycles. The van der Waals surface area contributed by atoms with Crippen LogP contribution >= 0.6 is 0 Å². The lowest BCUT2D eigenvalue weighted by atomic mass is 9.98. The first-order chi connectivity index (χ1) is 13.4. The van der Waals surface area contributed by atoms with E-state index >= 15 is 0 Å². The molecule has 0 unspecified atom stereocenters. The van der Waals surface area contributed by atoms with E-state index < -0.39 is 0 Å². The summed E-state index contributed by atoms with van der Waals surface area (Å²) in [5.74, 6) is 2.63. The average Bonchev–Trinajstić information content (AvgIpc) is 3.21. The highest BCUT2D eigenvalue weighted by Gasteiger charge is 2.19. The van der Waals surface area contributed by atoms with Crippen LogP contribution in [-0.2, 0) is 0 Å². The maximum absolute atomic E-state index is 6.01. The number of rotatable bonds is 8. The quantitative estimate of drug-likeness (QED) is 0.587. The number of para-hydroxylation sites is 1. The molecule has 4 rings (SSSR count). The Morgan fingerprint density at radius 1 is 0.926 bits per heavy atom. The lowest BCUT2D eigenvalue weighted by molar-refractivity contribution is 0.135. The second-order valence-corrected chi connectivity index (χ2v) is 7.31. The van der Waals surface area contributed by atoms with Crippen molar-refractivity contribution in [2.75, 3.05) is 32.8 Å². The lowest BCUT2D eigenvalue weighted by Gasteiger charge is -2.31. The van der Waals surface area contributed by atoms with Gasteiger partial charge in [0.15, 0.2) is 0 Å². The van der Waals surface area contributed by atoms with Crippen LogP contribution in [0, 0.1) is 5.92 Å². The van der Waals surface area contributed by atoms with E-state index in [4.69, 9.17) is 9.47 Å². The predicted molar refractivity (Wildman–Crippen MR) is 110 cm³/mol. The summed E-state index contributed by atoms with van der Waals surface area (Å²) in [5.41, 5.74) is 1.13. The third-order valence-corrected chi connectivity index (χ3v) is 5.37. The average molecular weight is 364 g/mol. The Bertz CT molecular complexity index is 823. The van der Waals surface area contributed by atoms with Crippen LogP contribution in [0.1, 0.15) is 19.3 Å². The van der Waals surface area contributed by atoms with Crippen molar-refractivity contribution < 1.29 is 9.47 Å². The van der Waals surface area contributed by atoms with Crippen LogP contribution in [-0.4, -0.2) is 42.7 Å². The molecule has 1 N–H and O–H groups in total. The second-order valence-electron chi connectivity index (χ2n) is 7.31. The number of nitrogens with one attached hydrogen (secondary N) is 1. The number of hydrogen-bond donors (Lipinski definition) is 1. The number of fused-ring (bicyclic) bond motifs is 1. The van der Waals surface area contributed by atoms with E-state index in [1.165, 1.54) is 12.8 Å². The third kappa shape index (κ3) is 4.83. The zero-order valence-electron chi connectivity index (χ0n) is 15.8. The van der Waals surface area contributed by atoms with E-state index in [0.717, 1.165) is 61.7 Å². The summed E-state index contributed by atoms with van der Waals surface area (Å²) in [6, 6.07) is 18.4. The normalized spacial score (nSPS) is 15.9. The fourth-order valence-corrected chi connectivity index (χ4v) is 3.76. The van der Waals surface area contributed by atoms with Crippen molar-refractivity contribution in [2.45, 2.75) is 19.3 Å². The lowest BCUT2D eigenvalue weighted by Crippen LogP contribution is -2.36. The zero-order valence-corrected chi connectivity index (χ0v) is 15.8. The van der Waals surface area contributed by atoms with E-state index in [1.54, 1.807) is 0 Å². The summed E-state index contributed by atoms with van der Waals surface area (Å²) in [4.78, 5) is 5.78. The van der Waals surface area contributed by atoms with E-state index in [1.807, 2.05) is 42.6 Å². The Labute approximate surface area is 161 Å². The van der Waals surface area contributed by atoms with Crippen molar-refractivity contribution in [2.24, 2.45) is 5.92 Å². The first kappa shape index (κ1) is 17.9. The second kappa shape index (κ2) is 8.96. The molecule has 0 aliphatic carbocycles. The molecule has 0 atom stereocenters. The molecular formula is C23H28N2O2. The molecule has 0 amide bonds. The number of H-pyrrole nitrogens is 1. The van der Waals surface area contributed by atoms with Gasteiger partial charge >= 0.3 is 0 Å². The highest BCUT2D eigenvalue weighted by Crippen LogP contribution is 2.24. The molecule has 0 radical (unpaired) electrons. The molecule has 2 aromatic carbocycles. The van der Waals surface area contributed by atoms with Crippen molar-refractivity contribution in [1.29, 1.82) is 0 Å². The monoisotopic (exact) mass is 364 g/mol. The van der Waals surface area contributed by atoms with Crippen molar-refractivity contribution in [3.63, 3.8) is 0 Å². The van der Waals surface area contributed by atoms with Gasteiger partial charge in [-0.25, -0.2) is 0 Å². The Morgan fingerprint density at radius 2 is 1.78 bits per heavy atom. The molecule has 0 saturated carbocycles. The van der Waals surface area contributed by atoms with Gasteiger partial charge in [0, 0.05) is 23.6 Å². The maximum atomic E-state index is 6.01. The molecule has 1 aliphatic rings. The van der Waals surface area contributed by atoms with Gasteiger partial charge < -0.3 is 19.4 Å². The minimum absolute atomic E-state index is 0.670. The number of hydrogen-bond acceptors (Lipinski definition) is 3. The molecule has 27 heavy (non-hydrogen) atoms. The van der Waals surface area contributed by atoms with E-state index in [-0.39, 0.29) is 0 Å². The number of aromatic amines is 1. The molecule has 142 valence electrons. The number of benzene rings is 2. The Kier molecular flexibility index (Phi) is 5.95. The molecule has 0 bridgehead atoms. The van der Waals surface area contributed by atoms with Gasteiger partial charge in [0.25, 0.3) is 0 Å². The minimum Gasteiger partial charge on any atom is -0.493 e. The molecule has 1 fully saturated rings. The molecule has 3 aromatic rings. The van der Waals surface area contributed by atoms with Crippen LogP contribution in [0.5, 0.6) is 11.5 Å². The Balaban J connectivity index is 1.13. The van der Waals surface area contributed by atoms with Gasteiger partial charge in [-0.15, -0.1) is 0 Å². The number of piperidine rings is 1. The first-order valence-corrected chi connectivity index (χ1v) is 9.97. The molecular weight excluding hydrogens is 336 g/mol. The number of nitrogens with zero attached hydrogens (tertiary/aromatic N) is 1. The summed E-state index contributed by atoms with van der Waals surface area (Å²) in [5, 5.41) is 1.16. The van der Waals surface area contributed by atoms with Crippen LogP contribution in [0.25, 0.3) is 10.9 Å². The van der Waals surface area contributed by atoms with Crippen molar-refractivity contribution >= 4 is 10.9 Å². The molecule has 1 aliphatic heterocycles. The Hall–Kier alpha value is -2.46. The highest BCUT2D eigenvalue weighted by atomic mass is 16.5. The van der Waals surface area contributed by atoms with E-state index in [2.05, 4.69) is 28.1 Å². The zero-order chi connectivity index (χ0) is 18.3. The first-order valence-electron chi connectivity index (χ1n) is 9.97. The van der Waals surface area contributed by atoms with Crippen LogP contribution in [0.3, 0.4) is 0 Å². The van der Waals surface area contributed by atoms with Gasteiger partial charge in [0.05, 0.1) is 13.2 Å². The standard InChI is InChI=1S/C23H28N2O2/c1-2-6-20(7-3-1)27-18-19-11-15-25(16-12-19)14-5-17-26-23-9-4-8-22-21(23)10-13-24-22/h1-4,6-10,13,19,24H,5,11-12,14-18H2. The van der Waals surface area contributed by atoms with Crippen molar-refractivity contribution in [1.82, 2.24) is 9.88 Å². The highest BCUT2D eigenvalue weighted by molar-refractivity contribution is 5.85. The largest absolute Gasteiger partial charge is 0.493 e. The summed E-state index contributed by atoms with van der Waals surface area (Å²) >= 11 is 0. The van der Waals surface area contributed by atoms with Crippen molar-refractivity contribution in [3.8, 4) is 11.5 Å².